The molecule has 0 bridgehead atoms. The zero-order chi connectivity index (χ0) is 15.4. The minimum atomic E-state index is -0.281. The van der Waals surface area contributed by atoms with Crippen molar-refractivity contribution in [1.82, 2.24) is 5.32 Å². The van der Waals surface area contributed by atoms with Gasteiger partial charge in [-0.15, -0.1) is 0 Å². The highest BCUT2D eigenvalue weighted by molar-refractivity contribution is 9.10. The van der Waals surface area contributed by atoms with Gasteiger partial charge in [-0.2, -0.15) is 0 Å². The largest absolute Gasteiger partial charge is 0.355 e. The maximum atomic E-state index is 12.5. The molecule has 0 unspecified atom stereocenters. The second kappa shape index (κ2) is 6.66. The molecule has 1 N–H and O–H groups in total. The first kappa shape index (κ1) is 15.3. The summed E-state index contributed by atoms with van der Waals surface area (Å²) in [6.45, 7) is 0.740. The Labute approximate surface area is 140 Å². The fourth-order valence-corrected chi connectivity index (χ4v) is 3.27. The van der Waals surface area contributed by atoms with E-state index in [9.17, 15) is 4.79 Å². The van der Waals surface area contributed by atoms with E-state index in [0.29, 0.717) is 0 Å². The molecular formula is C19H20BrNO. The van der Waals surface area contributed by atoms with Gasteiger partial charge in [-0.25, -0.2) is 0 Å². The number of nitrogens with one attached hydrogen (secondary N) is 1. The first-order chi connectivity index (χ1) is 10.7. The summed E-state index contributed by atoms with van der Waals surface area (Å²) in [6, 6.07) is 18.5. The molecule has 1 fully saturated rings. The first-order valence-corrected chi connectivity index (χ1v) is 8.58. The van der Waals surface area contributed by atoms with Gasteiger partial charge in [0.1, 0.15) is 0 Å². The molecule has 22 heavy (non-hydrogen) atoms. The lowest BCUT2D eigenvalue weighted by Gasteiger charge is -2.16. The highest BCUT2D eigenvalue weighted by Gasteiger charge is 2.51. The van der Waals surface area contributed by atoms with Crippen molar-refractivity contribution in [2.45, 2.75) is 31.1 Å². The van der Waals surface area contributed by atoms with Crippen LogP contribution in [-0.2, 0) is 16.6 Å². The van der Waals surface area contributed by atoms with Crippen LogP contribution in [0.1, 0.15) is 30.4 Å². The Morgan fingerprint density at radius 1 is 1.09 bits per heavy atom. The summed E-state index contributed by atoms with van der Waals surface area (Å²) in [7, 11) is 0. The lowest BCUT2D eigenvalue weighted by atomic mass is 9.95. The quantitative estimate of drug-likeness (QED) is 0.770. The van der Waals surface area contributed by atoms with Gasteiger partial charge < -0.3 is 5.32 Å². The molecular weight excluding hydrogens is 338 g/mol. The van der Waals surface area contributed by atoms with Gasteiger partial charge in [0.2, 0.25) is 5.91 Å². The molecule has 1 saturated carbocycles. The summed E-state index contributed by atoms with van der Waals surface area (Å²) < 4.78 is 1.04. The maximum Gasteiger partial charge on any atom is 0.230 e. The van der Waals surface area contributed by atoms with E-state index >= 15 is 0 Å². The Kier molecular flexibility index (Phi) is 4.63. The third kappa shape index (κ3) is 3.41. The minimum absolute atomic E-state index is 0.179. The summed E-state index contributed by atoms with van der Waals surface area (Å²) in [5.74, 6) is 0.179. The molecule has 0 aromatic heterocycles. The van der Waals surface area contributed by atoms with Gasteiger partial charge in [-0.1, -0.05) is 58.4 Å². The van der Waals surface area contributed by atoms with Gasteiger partial charge >= 0.3 is 0 Å². The number of benzene rings is 2. The molecule has 0 saturated heterocycles. The van der Waals surface area contributed by atoms with E-state index in [1.54, 1.807) is 0 Å². The summed E-state index contributed by atoms with van der Waals surface area (Å²) in [5.41, 5.74) is 2.17. The molecule has 0 heterocycles. The maximum absolute atomic E-state index is 12.5. The van der Waals surface area contributed by atoms with Crippen LogP contribution in [0.15, 0.2) is 59.1 Å². The van der Waals surface area contributed by atoms with Gasteiger partial charge in [0, 0.05) is 11.0 Å². The second-order valence-corrected chi connectivity index (χ2v) is 6.85. The Hall–Kier alpha value is -1.61. The molecule has 2 aromatic carbocycles. The average molecular weight is 358 g/mol. The molecule has 1 aliphatic rings. The number of carbonyl (C=O) groups excluding carboxylic acids is 1. The summed E-state index contributed by atoms with van der Waals surface area (Å²) in [4.78, 5) is 12.5. The van der Waals surface area contributed by atoms with E-state index in [1.807, 2.05) is 18.2 Å². The van der Waals surface area contributed by atoms with E-state index < -0.39 is 0 Å². The normalized spacial score (nSPS) is 15.3. The fourth-order valence-electron chi connectivity index (χ4n) is 2.87. The predicted molar refractivity (Wildman–Crippen MR) is 92.8 cm³/mol. The monoisotopic (exact) mass is 357 g/mol. The van der Waals surface area contributed by atoms with Crippen LogP contribution in [0.5, 0.6) is 0 Å². The molecule has 3 heteroatoms. The van der Waals surface area contributed by atoms with E-state index in [0.717, 1.165) is 42.3 Å². The summed E-state index contributed by atoms with van der Waals surface area (Å²) in [6.07, 6.45) is 3.89. The van der Waals surface area contributed by atoms with Crippen LogP contribution in [0.4, 0.5) is 0 Å². The van der Waals surface area contributed by atoms with Crippen LogP contribution in [-0.4, -0.2) is 12.5 Å². The van der Waals surface area contributed by atoms with Crippen molar-refractivity contribution in [2.24, 2.45) is 0 Å². The number of hydrogen-bond acceptors (Lipinski definition) is 1. The van der Waals surface area contributed by atoms with Crippen LogP contribution in [0.25, 0.3) is 0 Å². The molecule has 3 rings (SSSR count). The number of amides is 1. The van der Waals surface area contributed by atoms with E-state index in [1.165, 1.54) is 5.56 Å². The molecule has 2 aromatic rings. The molecule has 1 aliphatic carbocycles. The van der Waals surface area contributed by atoms with Crippen molar-refractivity contribution < 1.29 is 4.79 Å². The minimum Gasteiger partial charge on any atom is -0.355 e. The van der Waals surface area contributed by atoms with Crippen molar-refractivity contribution in [3.63, 3.8) is 0 Å². The standard InChI is InChI=1S/C19H20BrNO/c20-17-10-4-9-16(14-17)19(11-12-19)18(22)21-13-5-8-15-6-2-1-3-7-15/h1-4,6-7,9-10,14H,5,8,11-13H2,(H,21,22). The summed E-state index contributed by atoms with van der Waals surface area (Å²) in [5, 5.41) is 3.12. The van der Waals surface area contributed by atoms with Gasteiger partial charge in [0.25, 0.3) is 0 Å². The SMILES string of the molecule is O=C(NCCCc1ccccc1)C1(c2cccc(Br)c2)CC1. The van der Waals surface area contributed by atoms with Gasteiger partial charge in [-0.3, -0.25) is 4.79 Å². The predicted octanol–water partition coefficient (Wildman–Crippen LogP) is 4.23. The van der Waals surface area contributed by atoms with Crippen molar-refractivity contribution in [1.29, 1.82) is 0 Å². The van der Waals surface area contributed by atoms with Crippen molar-refractivity contribution in [3.05, 3.63) is 70.2 Å². The Morgan fingerprint density at radius 2 is 1.86 bits per heavy atom. The van der Waals surface area contributed by atoms with Crippen molar-refractivity contribution in [3.8, 4) is 0 Å². The molecule has 0 radical (unpaired) electrons. The summed E-state index contributed by atoms with van der Waals surface area (Å²) >= 11 is 3.49. The van der Waals surface area contributed by atoms with E-state index in [2.05, 4.69) is 57.6 Å². The highest BCUT2D eigenvalue weighted by atomic mass is 79.9. The Balaban J connectivity index is 1.52. The van der Waals surface area contributed by atoms with Crippen LogP contribution in [0.2, 0.25) is 0 Å². The lowest BCUT2D eigenvalue weighted by molar-refractivity contribution is -0.123. The fraction of sp³-hybridized carbons (Fsp3) is 0.316. The van der Waals surface area contributed by atoms with Gasteiger partial charge in [-0.05, 0) is 48.9 Å². The van der Waals surface area contributed by atoms with Gasteiger partial charge in [0.05, 0.1) is 5.41 Å². The molecule has 0 atom stereocenters. The number of hydrogen-bond donors (Lipinski definition) is 1. The third-order valence-corrected chi connectivity index (χ3v) is 4.83. The number of aryl methyl sites for hydroxylation is 1. The van der Waals surface area contributed by atoms with Crippen molar-refractivity contribution >= 4 is 21.8 Å². The van der Waals surface area contributed by atoms with Gasteiger partial charge in [0.15, 0.2) is 0 Å². The molecule has 2 nitrogen and oxygen atoms in total. The second-order valence-electron chi connectivity index (χ2n) is 5.94. The van der Waals surface area contributed by atoms with Crippen LogP contribution >= 0.6 is 15.9 Å². The Morgan fingerprint density at radius 3 is 2.55 bits per heavy atom. The number of halogens is 1. The Bertz CT molecular complexity index is 649. The van der Waals surface area contributed by atoms with Crippen molar-refractivity contribution in [2.75, 3.05) is 6.54 Å². The molecule has 0 spiro atoms. The van der Waals surface area contributed by atoms with E-state index in [4.69, 9.17) is 0 Å². The zero-order valence-corrected chi connectivity index (χ0v) is 14.1. The van der Waals surface area contributed by atoms with Crippen LogP contribution < -0.4 is 5.32 Å². The lowest BCUT2D eigenvalue weighted by Crippen LogP contribution is -2.35. The van der Waals surface area contributed by atoms with E-state index in [-0.39, 0.29) is 11.3 Å². The van der Waals surface area contributed by atoms with Crippen LogP contribution in [0.3, 0.4) is 0 Å². The first-order valence-electron chi connectivity index (χ1n) is 7.79. The third-order valence-electron chi connectivity index (χ3n) is 4.33. The smallest absolute Gasteiger partial charge is 0.230 e. The molecule has 114 valence electrons. The number of carbonyl (C=O) groups is 1. The topological polar surface area (TPSA) is 29.1 Å². The molecule has 0 aliphatic heterocycles. The highest BCUT2D eigenvalue weighted by Crippen LogP contribution is 2.48. The average Bonchev–Trinajstić information content (AvgIpc) is 3.34. The zero-order valence-electron chi connectivity index (χ0n) is 12.5. The molecule has 1 amide bonds. The van der Waals surface area contributed by atoms with Crippen LogP contribution in [0, 0.1) is 0 Å². The number of rotatable bonds is 6.